The largest absolute Gasteiger partial charge is 0.215 e. The second-order valence-electron chi connectivity index (χ2n) is 1.63. The van der Waals surface area contributed by atoms with Crippen molar-refractivity contribution in [2.75, 3.05) is 0 Å². The molecule has 0 saturated carbocycles. The van der Waals surface area contributed by atoms with Gasteiger partial charge in [0.15, 0.2) is 0 Å². The monoisotopic (exact) mass is 93.1 g/mol. The van der Waals surface area contributed by atoms with E-state index in [2.05, 4.69) is 17.8 Å². The minimum atomic E-state index is 0.525. The van der Waals surface area contributed by atoms with Gasteiger partial charge >= 0.3 is 0 Å². The van der Waals surface area contributed by atoms with Gasteiger partial charge in [-0.15, -0.1) is 0 Å². The fourth-order valence-electron chi connectivity index (χ4n) is 0.438. The molecule has 1 heteroatoms. The zero-order chi connectivity index (χ0) is 5.11. The lowest BCUT2D eigenvalue weighted by Gasteiger charge is -1.93. The summed E-state index contributed by atoms with van der Waals surface area (Å²) in [5, 5.41) is 0. The van der Waals surface area contributed by atoms with Crippen molar-refractivity contribution >= 4 is 5.87 Å². The molecule has 0 spiro atoms. The van der Waals surface area contributed by atoms with Crippen molar-refractivity contribution in [2.24, 2.45) is 10.9 Å². The molecule has 0 aromatic carbocycles. The molecule has 0 radical (unpaired) electrons. The predicted molar refractivity (Wildman–Crippen MR) is 30.3 cm³/mol. The summed E-state index contributed by atoms with van der Waals surface area (Å²) in [7, 11) is 0. The minimum absolute atomic E-state index is 0.525. The van der Waals surface area contributed by atoms with E-state index in [1.54, 1.807) is 6.20 Å². The second kappa shape index (κ2) is 1.76. The predicted octanol–water partition coefficient (Wildman–Crippen LogP) is 1.38. The van der Waals surface area contributed by atoms with Crippen molar-refractivity contribution in [2.45, 2.75) is 6.92 Å². The Morgan fingerprint density at radius 1 is 1.71 bits per heavy atom. The zero-order valence-electron chi connectivity index (χ0n) is 4.26. The number of aliphatic imine (C=N–C) groups is 1. The SMILES string of the molecule is CC1C=C=NC=C1. The molecular formula is C6H7N. The van der Waals surface area contributed by atoms with Crippen LogP contribution < -0.4 is 0 Å². The van der Waals surface area contributed by atoms with Gasteiger partial charge in [-0.2, -0.15) is 0 Å². The molecule has 36 valence electrons. The van der Waals surface area contributed by atoms with Gasteiger partial charge in [0.05, 0.1) is 0 Å². The van der Waals surface area contributed by atoms with Gasteiger partial charge in [0.1, 0.15) is 0 Å². The molecule has 7 heavy (non-hydrogen) atoms. The summed E-state index contributed by atoms with van der Waals surface area (Å²) in [5.41, 5.74) is 0. The maximum absolute atomic E-state index is 3.74. The average molecular weight is 93.1 g/mol. The third kappa shape index (κ3) is 1.02. The lowest BCUT2D eigenvalue weighted by atomic mass is 10.2. The molecule has 1 rings (SSSR count). The van der Waals surface area contributed by atoms with Crippen LogP contribution in [0.3, 0.4) is 0 Å². The van der Waals surface area contributed by atoms with Crippen LogP contribution in [0.25, 0.3) is 0 Å². The third-order valence-corrected chi connectivity index (χ3v) is 0.876. The summed E-state index contributed by atoms with van der Waals surface area (Å²) in [5.74, 6) is 3.27. The zero-order valence-corrected chi connectivity index (χ0v) is 4.26. The standard InChI is InChI=1S/C6H7N/c1-6-2-4-7-5-3-6/h2-4,6H,1H3. The number of allylic oxidation sites excluding steroid dienone is 2. The van der Waals surface area contributed by atoms with Gasteiger partial charge in [-0.3, -0.25) is 0 Å². The lowest BCUT2D eigenvalue weighted by Crippen LogP contribution is -1.83. The van der Waals surface area contributed by atoms with E-state index >= 15 is 0 Å². The summed E-state index contributed by atoms with van der Waals surface area (Å²) in [6.45, 7) is 2.10. The first-order valence-electron chi connectivity index (χ1n) is 2.35. The van der Waals surface area contributed by atoms with Crippen molar-refractivity contribution in [1.29, 1.82) is 0 Å². The van der Waals surface area contributed by atoms with Crippen molar-refractivity contribution in [3.05, 3.63) is 18.4 Å². The molecule has 1 atom stereocenters. The van der Waals surface area contributed by atoms with Gasteiger partial charge < -0.3 is 0 Å². The van der Waals surface area contributed by atoms with Crippen LogP contribution in [0.5, 0.6) is 0 Å². The molecule has 1 aliphatic rings. The van der Waals surface area contributed by atoms with Crippen molar-refractivity contribution in [3.63, 3.8) is 0 Å². The van der Waals surface area contributed by atoms with Gasteiger partial charge in [-0.25, -0.2) is 4.99 Å². The summed E-state index contributed by atoms with van der Waals surface area (Å²) >= 11 is 0. The maximum Gasteiger partial charge on any atom is 0.0334 e. The first kappa shape index (κ1) is 4.35. The Labute approximate surface area is 43.1 Å². The quantitative estimate of drug-likeness (QED) is 0.429. The average Bonchev–Trinajstić information content (AvgIpc) is 1.69. The summed E-state index contributed by atoms with van der Waals surface area (Å²) < 4.78 is 0. The fourth-order valence-corrected chi connectivity index (χ4v) is 0.438. The molecule has 0 amide bonds. The highest BCUT2D eigenvalue weighted by atomic mass is 14.6. The van der Waals surface area contributed by atoms with E-state index in [9.17, 15) is 0 Å². The topological polar surface area (TPSA) is 12.4 Å². The van der Waals surface area contributed by atoms with Gasteiger partial charge in [-0.05, 0) is 11.9 Å². The molecule has 0 N–H and O–H groups in total. The third-order valence-electron chi connectivity index (χ3n) is 0.876. The number of hydrogen-bond acceptors (Lipinski definition) is 1. The molecule has 0 saturated heterocycles. The van der Waals surface area contributed by atoms with E-state index < -0.39 is 0 Å². The first-order chi connectivity index (χ1) is 3.39. The molecule has 1 unspecified atom stereocenters. The molecule has 0 aliphatic carbocycles. The molecule has 1 aliphatic heterocycles. The Balaban J connectivity index is 2.77. The van der Waals surface area contributed by atoms with E-state index in [0.717, 1.165) is 0 Å². The van der Waals surface area contributed by atoms with Crippen LogP contribution >= 0.6 is 0 Å². The fraction of sp³-hybridized carbons (Fsp3) is 0.333. The van der Waals surface area contributed by atoms with E-state index in [1.165, 1.54) is 0 Å². The molecule has 0 bridgehead atoms. The second-order valence-corrected chi connectivity index (χ2v) is 1.63. The lowest BCUT2D eigenvalue weighted by molar-refractivity contribution is 0.938. The summed E-state index contributed by atoms with van der Waals surface area (Å²) in [6.07, 6.45) is 5.72. The van der Waals surface area contributed by atoms with Crippen LogP contribution in [-0.2, 0) is 0 Å². The Morgan fingerprint density at radius 3 is 2.86 bits per heavy atom. The van der Waals surface area contributed by atoms with E-state index in [4.69, 9.17) is 0 Å². The van der Waals surface area contributed by atoms with Gasteiger partial charge in [0, 0.05) is 12.1 Å². The normalized spacial score (nSPS) is 26.1. The highest BCUT2D eigenvalue weighted by Gasteiger charge is 1.88. The first-order valence-corrected chi connectivity index (χ1v) is 2.35. The van der Waals surface area contributed by atoms with E-state index in [1.807, 2.05) is 12.2 Å². The van der Waals surface area contributed by atoms with E-state index in [-0.39, 0.29) is 0 Å². The molecule has 1 heterocycles. The molecule has 0 aromatic heterocycles. The van der Waals surface area contributed by atoms with Gasteiger partial charge in [-0.1, -0.05) is 13.0 Å². The number of nitrogens with zero attached hydrogens (tertiary/aromatic N) is 1. The van der Waals surface area contributed by atoms with Crippen LogP contribution in [-0.4, -0.2) is 5.87 Å². The van der Waals surface area contributed by atoms with Crippen LogP contribution in [0.15, 0.2) is 23.3 Å². The highest BCUT2D eigenvalue weighted by molar-refractivity contribution is 5.55. The molecular weight excluding hydrogens is 86.1 g/mol. The van der Waals surface area contributed by atoms with Crippen LogP contribution in [0.1, 0.15) is 6.92 Å². The van der Waals surface area contributed by atoms with Crippen LogP contribution in [0.4, 0.5) is 0 Å². The molecule has 0 aromatic rings. The Kier molecular flexibility index (Phi) is 1.10. The minimum Gasteiger partial charge on any atom is -0.215 e. The Morgan fingerprint density at radius 2 is 2.57 bits per heavy atom. The van der Waals surface area contributed by atoms with Crippen LogP contribution in [0, 0.1) is 5.92 Å². The molecule has 0 fully saturated rings. The van der Waals surface area contributed by atoms with Crippen molar-refractivity contribution in [3.8, 4) is 0 Å². The number of rotatable bonds is 0. The number of hydrogen-bond donors (Lipinski definition) is 0. The highest BCUT2D eigenvalue weighted by Crippen LogP contribution is 1.98. The summed E-state index contributed by atoms with van der Waals surface area (Å²) in [4.78, 5) is 3.74. The molecule has 1 nitrogen and oxygen atoms in total. The smallest absolute Gasteiger partial charge is 0.0334 e. The van der Waals surface area contributed by atoms with Crippen LogP contribution in [0.2, 0.25) is 0 Å². The van der Waals surface area contributed by atoms with Gasteiger partial charge in [0.2, 0.25) is 0 Å². The van der Waals surface area contributed by atoms with Crippen molar-refractivity contribution < 1.29 is 0 Å². The summed E-state index contributed by atoms with van der Waals surface area (Å²) in [6, 6.07) is 0. The maximum atomic E-state index is 3.74. The Bertz CT molecular complexity index is 138. The van der Waals surface area contributed by atoms with Crippen molar-refractivity contribution in [1.82, 2.24) is 0 Å². The van der Waals surface area contributed by atoms with E-state index in [0.29, 0.717) is 5.92 Å². The van der Waals surface area contributed by atoms with Gasteiger partial charge in [0.25, 0.3) is 0 Å². The Hall–Kier alpha value is -0.810.